The number of ether oxygens (including phenoxy) is 1. The molecule has 152 valence electrons. The lowest BCUT2D eigenvalue weighted by Gasteiger charge is -2.37. The predicted octanol–water partition coefficient (Wildman–Crippen LogP) is 5.60. The van der Waals surface area contributed by atoms with Crippen LogP contribution in [-0.2, 0) is 0 Å². The zero-order chi connectivity index (χ0) is 19.2. The molecule has 0 atom stereocenters. The van der Waals surface area contributed by atoms with Crippen LogP contribution in [0.4, 0.5) is 8.78 Å². The molecular formula is C23H36F2OSi. The van der Waals surface area contributed by atoms with Gasteiger partial charge in [0.05, 0.1) is 16.1 Å². The Morgan fingerprint density at radius 3 is 2.00 bits per heavy atom. The summed E-state index contributed by atoms with van der Waals surface area (Å²) in [5.41, 5.74) is 0. The fraction of sp³-hybridized carbons (Fsp3) is 0.739. The van der Waals surface area contributed by atoms with Crippen molar-refractivity contribution in [2.24, 2.45) is 23.7 Å². The van der Waals surface area contributed by atoms with Gasteiger partial charge in [0, 0.05) is 0 Å². The zero-order valence-corrected chi connectivity index (χ0v) is 18.5. The van der Waals surface area contributed by atoms with Crippen molar-refractivity contribution in [3.8, 4) is 5.75 Å². The third-order valence-corrected chi connectivity index (χ3v) is 9.47. The van der Waals surface area contributed by atoms with E-state index in [4.69, 9.17) is 4.74 Å². The minimum atomic E-state index is -0.798. The van der Waals surface area contributed by atoms with Crippen LogP contribution in [0.3, 0.4) is 0 Å². The van der Waals surface area contributed by atoms with Gasteiger partial charge in [-0.15, -0.1) is 0 Å². The molecule has 0 amide bonds. The first-order valence-corrected chi connectivity index (χ1v) is 12.9. The van der Waals surface area contributed by atoms with Crippen molar-refractivity contribution in [2.75, 3.05) is 6.61 Å². The molecule has 2 aliphatic carbocycles. The average molecular weight is 395 g/mol. The second-order valence-corrected chi connectivity index (χ2v) is 10.6. The molecular weight excluding hydrogens is 358 g/mol. The van der Waals surface area contributed by atoms with Gasteiger partial charge in [-0.3, -0.25) is 0 Å². The summed E-state index contributed by atoms with van der Waals surface area (Å²) in [6.45, 7) is 4.47. The van der Waals surface area contributed by atoms with E-state index in [0.29, 0.717) is 11.8 Å². The molecule has 0 heterocycles. The molecule has 2 saturated carbocycles. The quantitative estimate of drug-likeness (QED) is 0.547. The lowest BCUT2D eigenvalue weighted by Crippen LogP contribution is -2.28. The Labute approximate surface area is 166 Å². The fourth-order valence-electron chi connectivity index (χ4n) is 5.41. The number of rotatable bonds is 7. The van der Waals surface area contributed by atoms with Gasteiger partial charge < -0.3 is 4.74 Å². The normalized spacial score (nSPS) is 29.3. The summed E-state index contributed by atoms with van der Waals surface area (Å²) in [5.74, 6) is 2.19. The molecule has 0 unspecified atom stereocenters. The maximum atomic E-state index is 14.3. The van der Waals surface area contributed by atoms with Crippen molar-refractivity contribution in [3.63, 3.8) is 0 Å². The SMILES string of the molecule is CCOc1ccc([SiH2]CC2CCC([C@H]3CC[C@H](CC)CC3)CC2)c(F)c1F. The van der Waals surface area contributed by atoms with Gasteiger partial charge in [-0.05, 0) is 67.5 Å². The Morgan fingerprint density at radius 2 is 1.44 bits per heavy atom. The lowest BCUT2D eigenvalue weighted by atomic mass is 9.69. The van der Waals surface area contributed by atoms with Crippen LogP contribution in [-0.4, -0.2) is 16.1 Å². The molecule has 0 aromatic heterocycles. The third-order valence-electron chi connectivity index (χ3n) is 7.28. The highest BCUT2D eigenvalue weighted by atomic mass is 28.2. The molecule has 1 aromatic carbocycles. The van der Waals surface area contributed by atoms with Gasteiger partial charge in [0.2, 0.25) is 0 Å². The molecule has 0 saturated heterocycles. The minimum absolute atomic E-state index is 0.0473. The van der Waals surface area contributed by atoms with Crippen LogP contribution in [0.2, 0.25) is 6.04 Å². The first kappa shape index (κ1) is 20.8. The van der Waals surface area contributed by atoms with Crippen LogP contribution in [0.1, 0.15) is 71.6 Å². The molecule has 4 heteroatoms. The maximum absolute atomic E-state index is 14.3. The van der Waals surface area contributed by atoms with Crippen molar-refractivity contribution in [1.29, 1.82) is 0 Å². The van der Waals surface area contributed by atoms with E-state index >= 15 is 0 Å². The minimum Gasteiger partial charge on any atom is -0.491 e. The first-order chi connectivity index (χ1) is 13.1. The largest absolute Gasteiger partial charge is 0.491 e. The smallest absolute Gasteiger partial charge is 0.200 e. The van der Waals surface area contributed by atoms with Crippen LogP contribution >= 0.6 is 0 Å². The summed E-state index contributed by atoms with van der Waals surface area (Å²) < 4.78 is 33.5. The molecule has 1 nitrogen and oxygen atoms in total. The van der Waals surface area contributed by atoms with Crippen molar-refractivity contribution >= 4 is 14.7 Å². The summed E-state index contributed by atoms with van der Waals surface area (Å²) in [4.78, 5) is 0. The van der Waals surface area contributed by atoms with Crippen molar-refractivity contribution in [1.82, 2.24) is 0 Å². The molecule has 0 aliphatic heterocycles. The molecule has 0 spiro atoms. The number of hydrogen-bond acceptors (Lipinski definition) is 1. The number of benzene rings is 1. The zero-order valence-electron chi connectivity index (χ0n) is 17.1. The molecule has 0 bridgehead atoms. The van der Waals surface area contributed by atoms with Gasteiger partial charge in [0.1, 0.15) is 0 Å². The molecule has 3 rings (SSSR count). The summed E-state index contributed by atoms with van der Waals surface area (Å²) in [6.07, 6.45) is 12.4. The van der Waals surface area contributed by atoms with Gasteiger partial charge >= 0.3 is 0 Å². The van der Waals surface area contributed by atoms with Crippen LogP contribution in [0.25, 0.3) is 0 Å². The highest BCUT2D eigenvalue weighted by Crippen LogP contribution is 2.42. The monoisotopic (exact) mass is 394 g/mol. The molecule has 1 aromatic rings. The highest BCUT2D eigenvalue weighted by Gasteiger charge is 2.30. The van der Waals surface area contributed by atoms with Gasteiger partial charge in [0.25, 0.3) is 0 Å². The van der Waals surface area contributed by atoms with Crippen LogP contribution in [0, 0.1) is 35.3 Å². The molecule has 0 radical (unpaired) electrons. The Balaban J connectivity index is 1.44. The number of halogens is 2. The Bertz CT molecular complexity index is 590. The molecule has 2 fully saturated rings. The van der Waals surface area contributed by atoms with Gasteiger partial charge in [0.15, 0.2) is 17.4 Å². The third kappa shape index (κ3) is 5.33. The Kier molecular flexibility index (Phi) is 7.74. The Hall–Kier alpha value is -0.903. The predicted molar refractivity (Wildman–Crippen MR) is 112 cm³/mol. The van der Waals surface area contributed by atoms with E-state index < -0.39 is 21.2 Å². The maximum Gasteiger partial charge on any atom is 0.200 e. The van der Waals surface area contributed by atoms with E-state index in [1.54, 1.807) is 19.1 Å². The van der Waals surface area contributed by atoms with Gasteiger partial charge in [-0.25, -0.2) is 4.39 Å². The topological polar surface area (TPSA) is 9.23 Å². The van der Waals surface area contributed by atoms with Crippen molar-refractivity contribution < 1.29 is 13.5 Å². The lowest BCUT2D eigenvalue weighted by molar-refractivity contribution is 0.149. The van der Waals surface area contributed by atoms with Gasteiger partial charge in [-0.1, -0.05) is 51.1 Å². The summed E-state index contributed by atoms with van der Waals surface area (Å²) in [7, 11) is -0.757. The number of hydrogen-bond donors (Lipinski definition) is 0. The molecule has 27 heavy (non-hydrogen) atoms. The van der Waals surface area contributed by atoms with E-state index in [1.165, 1.54) is 57.8 Å². The average Bonchev–Trinajstić information content (AvgIpc) is 2.71. The van der Waals surface area contributed by atoms with Gasteiger partial charge in [-0.2, -0.15) is 4.39 Å². The summed E-state index contributed by atoms with van der Waals surface area (Å²) >= 11 is 0. The van der Waals surface area contributed by atoms with E-state index in [2.05, 4.69) is 6.92 Å². The van der Waals surface area contributed by atoms with E-state index in [0.717, 1.165) is 29.7 Å². The van der Waals surface area contributed by atoms with Crippen LogP contribution < -0.4 is 9.92 Å². The van der Waals surface area contributed by atoms with Crippen molar-refractivity contribution in [2.45, 2.75) is 77.7 Å². The summed E-state index contributed by atoms with van der Waals surface area (Å²) in [6, 6.07) is 4.47. The highest BCUT2D eigenvalue weighted by molar-refractivity contribution is 6.53. The Morgan fingerprint density at radius 1 is 0.852 bits per heavy atom. The molecule has 0 N–H and O–H groups in total. The first-order valence-electron chi connectivity index (χ1n) is 11.2. The second kappa shape index (κ2) is 10.0. The molecule has 2 aliphatic rings. The van der Waals surface area contributed by atoms with Crippen molar-refractivity contribution in [3.05, 3.63) is 23.8 Å². The van der Waals surface area contributed by atoms with E-state index in [-0.39, 0.29) is 5.75 Å². The second-order valence-electron chi connectivity index (χ2n) is 8.79. The van der Waals surface area contributed by atoms with Crippen LogP contribution in [0.15, 0.2) is 12.1 Å². The standard InChI is InChI=1S/C23H36F2OSi/c1-3-16-5-9-18(10-6-16)19-11-7-17(8-12-19)15-27-21-14-13-20(26-4-2)22(24)23(21)25/h13-14,16-19H,3-12,15,27H2,1-2H3/t16-,17?,18-,19?. The summed E-state index contributed by atoms with van der Waals surface area (Å²) in [5, 5.41) is 0.635. The van der Waals surface area contributed by atoms with E-state index in [1.807, 2.05) is 0 Å². The van der Waals surface area contributed by atoms with E-state index in [9.17, 15) is 8.78 Å². The van der Waals surface area contributed by atoms with Crippen LogP contribution in [0.5, 0.6) is 5.75 Å². The fourth-order valence-corrected chi connectivity index (χ4v) is 7.36.